The van der Waals surface area contributed by atoms with Crippen LogP contribution >= 0.6 is 0 Å². The van der Waals surface area contributed by atoms with E-state index in [1.165, 1.54) is 12.1 Å². The molecule has 0 fully saturated rings. The lowest BCUT2D eigenvalue weighted by atomic mass is 10.0. The molecule has 0 aliphatic heterocycles. The van der Waals surface area contributed by atoms with Gasteiger partial charge >= 0.3 is 0 Å². The lowest BCUT2D eigenvalue weighted by Gasteiger charge is -2.03. The van der Waals surface area contributed by atoms with E-state index in [0.717, 1.165) is 12.0 Å². The molecular weight excluding hydrogens is 139 g/mol. The molecule has 1 rings (SSSR count). The van der Waals surface area contributed by atoms with Gasteiger partial charge in [-0.05, 0) is 30.0 Å². The second kappa shape index (κ2) is 3.51. The van der Waals surface area contributed by atoms with Crippen molar-refractivity contribution in [1.82, 2.24) is 0 Å². The molecular formula is C10H12F. The van der Waals surface area contributed by atoms with Gasteiger partial charge in [-0.15, -0.1) is 0 Å². The van der Waals surface area contributed by atoms with Gasteiger partial charge < -0.3 is 0 Å². The van der Waals surface area contributed by atoms with Crippen LogP contribution in [0.2, 0.25) is 0 Å². The third-order valence-corrected chi connectivity index (χ3v) is 1.50. The van der Waals surface area contributed by atoms with Crippen LogP contribution in [-0.4, -0.2) is 0 Å². The van der Waals surface area contributed by atoms with Crippen molar-refractivity contribution >= 4 is 0 Å². The van der Waals surface area contributed by atoms with E-state index >= 15 is 0 Å². The van der Waals surface area contributed by atoms with Crippen molar-refractivity contribution in [3.05, 3.63) is 42.6 Å². The van der Waals surface area contributed by atoms with Gasteiger partial charge in [-0.3, -0.25) is 0 Å². The third kappa shape index (κ3) is 2.71. The van der Waals surface area contributed by atoms with Crippen LogP contribution in [0.25, 0.3) is 0 Å². The Morgan fingerprint density at radius 3 is 2.36 bits per heavy atom. The van der Waals surface area contributed by atoms with E-state index in [4.69, 9.17) is 0 Å². The fraction of sp³-hybridized carbons (Fsp3) is 0.300. The van der Waals surface area contributed by atoms with Gasteiger partial charge in [0.1, 0.15) is 5.82 Å². The number of rotatable bonds is 2. The predicted octanol–water partition coefficient (Wildman–Crippen LogP) is 2.84. The fourth-order valence-corrected chi connectivity index (χ4v) is 1.02. The van der Waals surface area contributed by atoms with Crippen molar-refractivity contribution < 1.29 is 4.39 Å². The average molecular weight is 151 g/mol. The van der Waals surface area contributed by atoms with Crippen LogP contribution in [0, 0.1) is 18.7 Å². The summed E-state index contributed by atoms with van der Waals surface area (Å²) >= 11 is 0. The highest BCUT2D eigenvalue weighted by Gasteiger charge is 1.96. The van der Waals surface area contributed by atoms with Gasteiger partial charge in [-0.25, -0.2) is 4.39 Å². The van der Waals surface area contributed by atoms with Crippen LogP contribution < -0.4 is 0 Å². The normalized spacial score (nSPS) is 10.5. The molecule has 59 valence electrons. The minimum atomic E-state index is -0.175. The molecule has 11 heavy (non-hydrogen) atoms. The Kier molecular flexibility index (Phi) is 2.64. The van der Waals surface area contributed by atoms with Crippen molar-refractivity contribution in [2.75, 3.05) is 0 Å². The number of hydrogen-bond donors (Lipinski definition) is 0. The van der Waals surface area contributed by atoms with E-state index in [0.29, 0.717) is 5.92 Å². The Morgan fingerprint density at radius 1 is 1.36 bits per heavy atom. The van der Waals surface area contributed by atoms with Gasteiger partial charge in [0, 0.05) is 0 Å². The summed E-state index contributed by atoms with van der Waals surface area (Å²) in [7, 11) is 0. The highest BCUT2D eigenvalue weighted by atomic mass is 19.1. The molecule has 1 unspecified atom stereocenters. The van der Waals surface area contributed by atoms with Crippen molar-refractivity contribution in [3.63, 3.8) is 0 Å². The maximum absolute atomic E-state index is 12.4. The first-order valence-electron chi connectivity index (χ1n) is 3.76. The minimum Gasteiger partial charge on any atom is -0.207 e. The predicted molar refractivity (Wildman–Crippen MR) is 44.6 cm³/mol. The molecule has 1 aromatic carbocycles. The average Bonchev–Trinajstić information content (AvgIpc) is 1.93. The fourth-order valence-electron chi connectivity index (χ4n) is 1.02. The summed E-state index contributed by atoms with van der Waals surface area (Å²) < 4.78 is 12.4. The Balaban J connectivity index is 2.66. The van der Waals surface area contributed by atoms with E-state index in [2.05, 4.69) is 6.92 Å². The van der Waals surface area contributed by atoms with Gasteiger partial charge in [-0.2, -0.15) is 0 Å². The lowest BCUT2D eigenvalue weighted by molar-refractivity contribution is 0.625. The molecule has 0 spiro atoms. The summed E-state index contributed by atoms with van der Waals surface area (Å²) in [6.07, 6.45) is 0.917. The van der Waals surface area contributed by atoms with E-state index in [-0.39, 0.29) is 5.82 Å². The summed E-state index contributed by atoms with van der Waals surface area (Å²) in [6, 6.07) is 6.57. The van der Waals surface area contributed by atoms with Crippen LogP contribution in [-0.2, 0) is 6.42 Å². The van der Waals surface area contributed by atoms with Gasteiger partial charge in [0.25, 0.3) is 0 Å². The smallest absolute Gasteiger partial charge is 0.123 e. The van der Waals surface area contributed by atoms with E-state index in [1.807, 2.05) is 6.92 Å². The SMILES string of the molecule is [CH2]C(C)Cc1ccc(F)cc1. The zero-order valence-corrected chi connectivity index (χ0v) is 6.68. The van der Waals surface area contributed by atoms with Crippen molar-refractivity contribution in [1.29, 1.82) is 0 Å². The molecule has 0 N–H and O–H groups in total. The Labute approximate surface area is 67.1 Å². The first-order chi connectivity index (χ1) is 5.18. The van der Waals surface area contributed by atoms with Gasteiger partial charge in [-0.1, -0.05) is 26.0 Å². The molecule has 1 atom stereocenters. The summed E-state index contributed by atoms with van der Waals surface area (Å²) in [6.45, 7) is 5.91. The van der Waals surface area contributed by atoms with Crippen LogP contribution in [0.3, 0.4) is 0 Å². The van der Waals surface area contributed by atoms with E-state index in [1.54, 1.807) is 12.1 Å². The largest absolute Gasteiger partial charge is 0.207 e. The summed E-state index contributed by atoms with van der Waals surface area (Å²) in [4.78, 5) is 0. The number of halogens is 1. The third-order valence-electron chi connectivity index (χ3n) is 1.50. The van der Waals surface area contributed by atoms with Crippen LogP contribution in [0.1, 0.15) is 12.5 Å². The lowest BCUT2D eigenvalue weighted by Crippen LogP contribution is -1.93. The second-order valence-corrected chi connectivity index (χ2v) is 2.94. The quantitative estimate of drug-likeness (QED) is 0.609. The molecule has 0 aliphatic rings. The molecule has 0 aliphatic carbocycles. The van der Waals surface area contributed by atoms with Gasteiger partial charge in [0.2, 0.25) is 0 Å². The van der Waals surface area contributed by atoms with Crippen molar-refractivity contribution in [2.45, 2.75) is 13.3 Å². The second-order valence-electron chi connectivity index (χ2n) is 2.94. The Hall–Kier alpha value is -0.850. The zero-order chi connectivity index (χ0) is 8.27. The van der Waals surface area contributed by atoms with Crippen LogP contribution in [0.15, 0.2) is 24.3 Å². The monoisotopic (exact) mass is 151 g/mol. The molecule has 1 heteroatoms. The first kappa shape index (κ1) is 8.25. The highest BCUT2D eigenvalue weighted by molar-refractivity contribution is 5.16. The van der Waals surface area contributed by atoms with Gasteiger partial charge in [0.05, 0.1) is 0 Å². The molecule has 0 heterocycles. The summed E-state index contributed by atoms with van der Waals surface area (Å²) in [5.74, 6) is 0.214. The summed E-state index contributed by atoms with van der Waals surface area (Å²) in [5, 5.41) is 0. The molecule has 0 nitrogen and oxygen atoms in total. The molecule has 1 radical (unpaired) electrons. The van der Waals surface area contributed by atoms with Crippen LogP contribution in [0.5, 0.6) is 0 Å². The molecule has 0 bridgehead atoms. The van der Waals surface area contributed by atoms with Crippen LogP contribution in [0.4, 0.5) is 4.39 Å². The topological polar surface area (TPSA) is 0 Å². The first-order valence-corrected chi connectivity index (χ1v) is 3.76. The highest BCUT2D eigenvalue weighted by Crippen LogP contribution is 2.08. The minimum absolute atomic E-state index is 0.175. The molecule has 1 aromatic rings. The van der Waals surface area contributed by atoms with Crippen molar-refractivity contribution in [2.24, 2.45) is 5.92 Å². The number of hydrogen-bond acceptors (Lipinski definition) is 0. The van der Waals surface area contributed by atoms with Gasteiger partial charge in [0.15, 0.2) is 0 Å². The van der Waals surface area contributed by atoms with Crippen molar-refractivity contribution in [3.8, 4) is 0 Å². The van der Waals surface area contributed by atoms with E-state index in [9.17, 15) is 4.39 Å². The maximum Gasteiger partial charge on any atom is 0.123 e. The molecule has 0 aromatic heterocycles. The maximum atomic E-state index is 12.4. The summed E-state index contributed by atoms with van der Waals surface area (Å²) in [5.41, 5.74) is 1.15. The standard InChI is InChI=1S/C10H12F/c1-8(2)7-9-3-5-10(11)6-4-9/h3-6,8H,1,7H2,2H3. The zero-order valence-electron chi connectivity index (χ0n) is 6.68. The molecule has 0 amide bonds. The number of benzene rings is 1. The Bertz CT molecular complexity index is 211. The molecule has 0 saturated heterocycles. The Morgan fingerprint density at radius 2 is 1.91 bits per heavy atom. The molecule has 0 saturated carbocycles. The van der Waals surface area contributed by atoms with E-state index < -0.39 is 0 Å².